The third kappa shape index (κ3) is 2.67. The second-order valence-electron chi connectivity index (χ2n) is 5.29. The van der Waals surface area contributed by atoms with Crippen LogP contribution in [0.1, 0.15) is 30.9 Å². The first-order valence-electron chi connectivity index (χ1n) is 6.62. The first-order valence-corrected chi connectivity index (χ1v) is 6.62. The molecule has 5 atom stereocenters. The van der Waals surface area contributed by atoms with Gasteiger partial charge in [-0.2, -0.15) is 0 Å². The Morgan fingerprint density at radius 1 is 1.30 bits per heavy atom. The lowest BCUT2D eigenvalue weighted by molar-refractivity contribution is -0.551. The van der Waals surface area contributed by atoms with Gasteiger partial charge >= 0.3 is 0 Å². The van der Waals surface area contributed by atoms with Crippen LogP contribution in [0.15, 0.2) is 24.3 Å². The molecule has 20 heavy (non-hydrogen) atoms. The van der Waals surface area contributed by atoms with Crippen molar-refractivity contribution in [3.8, 4) is 0 Å². The number of rotatable bonds is 3. The molecular formula is C14H19NO5. The highest BCUT2D eigenvalue weighted by Crippen LogP contribution is 2.38. The fourth-order valence-corrected chi connectivity index (χ4v) is 2.85. The van der Waals surface area contributed by atoms with E-state index < -0.39 is 24.4 Å². The topological polar surface area (TPSA) is 92.8 Å². The van der Waals surface area contributed by atoms with Crippen molar-refractivity contribution in [2.24, 2.45) is 5.92 Å². The molecule has 0 bridgehead atoms. The van der Waals surface area contributed by atoms with Gasteiger partial charge in [0, 0.05) is 10.8 Å². The van der Waals surface area contributed by atoms with Gasteiger partial charge in [0.1, 0.15) is 6.10 Å². The van der Waals surface area contributed by atoms with E-state index in [1.807, 2.05) is 0 Å². The molecule has 2 N–H and O–H groups in total. The zero-order valence-corrected chi connectivity index (χ0v) is 11.5. The van der Waals surface area contributed by atoms with Gasteiger partial charge in [0.2, 0.25) is 6.04 Å². The molecule has 0 amide bonds. The van der Waals surface area contributed by atoms with Crippen molar-refractivity contribution in [1.82, 2.24) is 0 Å². The molecule has 1 unspecified atom stereocenters. The van der Waals surface area contributed by atoms with Crippen molar-refractivity contribution in [1.29, 1.82) is 0 Å². The smallest absolute Gasteiger partial charge is 0.245 e. The summed E-state index contributed by atoms with van der Waals surface area (Å²) in [5, 5.41) is 30.3. The number of nitro groups is 1. The summed E-state index contributed by atoms with van der Waals surface area (Å²) >= 11 is 0. The van der Waals surface area contributed by atoms with Crippen LogP contribution < -0.4 is 0 Å². The van der Waals surface area contributed by atoms with Gasteiger partial charge in [-0.25, -0.2) is 0 Å². The van der Waals surface area contributed by atoms with Gasteiger partial charge in [0.25, 0.3) is 0 Å². The lowest BCUT2D eigenvalue weighted by atomic mass is 9.77. The zero-order chi connectivity index (χ0) is 14.9. The molecule has 1 aromatic rings. The van der Waals surface area contributed by atoms with Gasteiger partial charge in [0.05, 0.1) is 12.5 Å². The van der Waals surface area contributed by atoms with E-state index in [9.17, 15) is 15.2 Å². The fourth-order valence-electron chi connectivity index (χ4n) is 2.85. The van der Waals surface area contributed by atoms with Crippen LogP contribution in [0.5, 0.6) is 0 Å². The molecule has 0 aromatic heterocycles. The Morgan fingerprint density at radius 3 is 2.40 bits per heavy atom. The van der Waals surface area contributed by atoms with Crippen molar-refractivity contribution < 1.29 is 19.9 Å². The summed E-state index contributed by atoms with van der Waals surface area (Å²) in [6, 6.07) is 6.13. The summed E-state index contributed by atoms with van der Waals surface area (Å²) in [6.45, 7) is 3.29. The largest absolute Gasteiger partial charge is 0.392 e. The van der Waals surface area contributed by atoms with E-state index in [4.69, 9.17) is 9.84 Å². The van der Waals surface area contributed by atoms with Crippen molar-refractivity contribution in [3.63, 3.8) is 0 Å². The van der Waals surface area contributed by atoms with E-state index in [-0.39, 0.29) is 17.4 Å². The standard InChI is InChI=1S/C14H19NO5/c1-8-12(11-5-3-10(7-16)4-6-11)13(15(18)19)9(2)20-14(8)17/h3-6,8-9,12-14,16-17H,7H2,1-2H3/t8-,9+,12+,13-,14?/m1/s1. The second kappa shape index (κ2) is 5.87. The number of nitrogens with zero attached hydrogens (tertiary/aromatic N) is 1. The highest BCUT2D eigenvalue weighted by Gasteiger charge is 2.48. The van der Waals surface area contributed by atoms with Crippen molar-refractivity contribution in [2.45, 2.75) is 44.8 Å². The summed E-state index contributed by atoms with van der Waals surface area (Å²) in [5.41, 5.74) is 1.53. The maximum atomic E-state index is 11.3. The highest BCUT2D eigenvalue weighted by atomic mass is 16.6. The molecule has 1 heterocycles. The molecule has 1 fully saturated rings. The van der Waals surface area contributed by atoms with Gasteiger partial charge < -0.3 is 14.9 Å². The Balaban J connectivity index is 2.38. The van der Waals surface area contributed by atoms with E-state index in [1.165, 1.54) is 0 Å². The number of ether oxygens (including phenoxy) is 1. The molecule has 0 aliphatic carbocycles. The lowest BCUT2D eigenvalue weighted by Crippen LogP contribution is -2.51. The van der Waals surface area contributed by atoms with Crippen molar-refractivity contribution in [3.05, 3.63) is 45.5 Å². The highest BCUT2D eigenvalue weighted by molar-refractivity contribution is 5.27. The number of aliphatic hydroxyl groups is 2. The number of benzene rings is 1. The molecule has 1 aromatic carbocycles. The molecule has 0 spiro atoms. The van der Waals surface area contributed by atoms with E-state index in [2.05, 4.69) is 0 Å². The van der Waals surface area contributed by atoms with Gasteiger partial charge in [0.15, 0.2) is 6.29 Å². The van der Waals surface area contributed by atoms with Crippen LogP contribution in [-0.2, 0) is 11.3 Å². The van der Waals surface area contributed by atoms with Crippen LogP contribution in [0.3, 0.4) is 0 Å². The number of hydrogen-bond acceptors (Lipinski definition) is 5. The predicted molar refractivity (Wildman–Crippen MR) is 71.6 cm³/mol. The van der Waals surface area contributed by atoms with Gasteiger partial charge in [-0.05, 0) is 18.1 Å². The summed E-state index contributed by atoms with van der Waals surface area (Å²) in [7, 11) is 0. The third-order valence-electron chi connectivity index (χ3n) is 4.01. The molecule has 1 aliphatic heterocycles. The maximum Gasteiger partial charge on any atom is 0.245 e. The minimum Gasteiger partial charge on any atom is -0.392 e. The third-order valence-corrected chi connectivity index (χ3v) is 4.01. The maximum absolute atomic E-state index is 11.3. The van der Waals surface area contributed by atoms with Crippen LogP contribution in [0.4, 0.5) is 0 Å². The number of aliphatic hydroxyl groups excluding tert-OH is 2. The van der Waals surface area contributed by atoms with Crippen LogP contribution in [0, 0.1) is 16.0 Å². The average molecular weight is 281 g/mol. The number of hydrogen-bond donors (Lipinski definition) is 2. The normalized spacial score (nSPS) is 33.9. The minimum absolute atomic E-state index is 0.0682. The first-order chi connectivity index (χ1) is 9.45. The van der Waals surface area contributed by atoms with Crippen LogP contribution in [-0.4, -0.2) is 33.6 Å². The summed E-state index contributed by atoms with van der Waals surface area (Å²) in [6.07, 6.45) is -1.66. The molecule has 6 heteroatoms. The van der Waals surface area contributed by atoms with Crippen molar-refractivity contribution >= 4 is 0 Å². The van der Waals surface area contributed by atoms with Gasteiger partial charge in [-0.1, -0.05) is 31.2 Å². The van der Waals surface area contributed by atoms with E-state index in [0.717, 1.165) is 11.1 Å². The molecule has 0 radical (unpaired) electrons. The van der Waals surface area contributed by atoms with E-state index >= 15 is 0 Å². The molecule has 2 rings (SSSR count). The zero-order valence-electron chi connectivity index (χ0n) is 11.5. The second-order valence-corrected chi connectivity index (χ2v) is 5.29. The van der Waals surface area contributed by atoms with E-state index in [1.54, 1.807) is 38.1 Å². The van der Waals surface area contributed by atoms with E-state index in [0.29, 0.717) is 0 Å². The quantitative estimate of drug-likeness (QED) is 0.643. The Morgan fingerprint density at radius 2 is 1.90 bits per heavy atom. The van der Waals surface area contributed by atoms with Crippen molar-refractivity contribution in [2.75, 3.05) is 0 Å². The Bertz CT molecular complexity index is 475. The molecule has 1 saturated heterocycles. The molecule has 0 saturated carbocycles. The fraction of sp³-hybridized carbons (Fsp3) is 0.571. The Kier molecular flexibility index (Phi) is 4.37. The van der Waals surface area contributed by atoms with Gasteiger partial charge in [-0.3, -0.25) is 10.1 Å². The Hall–Kier alpha value is -1.50. The first kappa shape index (κ1) is 14.9. The van der Waals surface area contributed by atoms with Crippen LogP contribution in [0.2, 0.25) is 0 Å². The average Bonchev–Trinajstić information content (AvgIpc) is 2.42. The van der Waals surface area contributed by atoms with Crippen LogP contribution in [0.25, 0.3) is 0 Å². The van der Waals surface area contributed by atoms with Gasteiger partial charge in [-0.15, -0.1) is 0 Å². The summed E-state index contributed by atoms with van der Waals surface area (Å²) in [5.74, 6) is -0.793. The SMILES string of the molecule is C[C@@H]1OC(O)[C@H](C)[C@@H](c2ccc(CO)cc2)[C@@H]1[N+](=O)[O-]. The minimum atomic E-state index is -1.01. The molecule has 6 nitrogen and oxygen atoms in total. The molecule has 110 valence electrons. The summed E-state index contributed by atoms with van der Waals surface area (Å²) < 4.78 is 5.24. The molecule has 1 aliphatic rings. The monoisotopic (exact) mass is 281 g/mol. The van der Waals surface area contributed by atoms with Crippen LogP contribution >= 0.6 is 0 Å². The Labute approximate surface area is 117 Å². The predicted octanol–water partition coefficient (Wildman–Crippen LogP) is 1.28. The lowest BCUT2D eigenvalue weighted by Gasteiger charge is -2.38. The molecular weight excluding hydrogens is 262 g/mol. The summed E-state index contributed by atoms with van der Waals surface area (Å²) in [4.78, 5) is 11.0.